The Kier molecular flexibility index (Phi) is 6.97. The van der Waals surface area contributed by atoms with Gasteiger partial charge < -0.3 is 20.9 Å². The van der Waals surface area contributed by atoms with Gasteiger partial charge in [-0.2, -0.15) is 0 Å². The Labute approximate surface area is 178 Å². The minimum atomic E-state index is -0.265. The van der Waals surface area contributed by atoms with Gasteiger partial charge in [-0.3, -0.25) is 4.79 Å². The molecule has 152 valence electrons. The maximum absolute atomic E-state index is 12.6. The molecule has 8 nitrogen and oxygen atoms in total. The van der Waals surface area contributed by atoms with E-state index < -0.39 is 0 Å². The van der Waals surface area contributed by atoms with E-state index in [0.717, 1.165) is 24.3 Å². The van der Waals surface area contributed by atoms with E-state index in [1.807, 2.05) is 33.2 Å². The van der Waals surface area contributed by atoms with Crippen LogP contribution >= 0.6 is 22.9 Å². The van der Waals surface area contributed by atoms with Crippen molar-refractivity contribution in [3.63, 3.8) is 0 Å². The van der Waals surface area contributed by atoms with Crippen molar-refractivity contribution < 1.29 is 4.79 Å². The smallest absolute Gasteiger partial charge is 0.267 e. The topological polar surface area (TPSA) is 95.1 Å². The molecule has 10 heteroatoms. The Balaban J connectivity index is 1.68. The van der Waals surface area contributed by atoms with Crippen molar-refractivity contribution in [2.75, 3.05) is 43.1 Å². The van der Waals surface area contributed by atoms with Gasteiger partial charge in [0.2, 0.25) is 0 Å². The van der Waals surface area contributed by atoms with E-state index in [4.69, 9.17) is 11.6 Å². The lowest BCUT2D eigenvalue weighted by Gasteiger charge is -2.13. The van der Waals surface area contributed by atoms with Crippen LogP contribution in [0.4, 0.5) is 22.3 Å². The van der Waals surface area contributed by atoms with Crippen LogP contribution in [0.3, 0.4) is 0 Å². The van der Waals surface area contributed by atoms with Gasteiger partial charge in [0.25, 0.3) is 5.91 Å². The first-order valence-electron chi connectivity index (χ1n) is 8.92. The molecule has 0 aliphatic heterocycles. The predicted molar refractivity (Wildman–Crippen MR) is 119 cm³/mol. The average Bonchev–Trinajstić information content (AvgIpc) is 3.14. The number of aromatic nitrogens is 3. The van der Waals surface area contributed by atoms with E-state index in [2.05, 4.69) is 35.8 Å². The summed E-state index contributed by atoms with van der Waals surface area (Å²) in [5.74, 6) is 0.334. The summed E-state index contributed by atoms with van der Waals surface area (Å²) in [7, 11) is 4.02. The van der Waals surface area contributed by atoms with Crippen LogP contribution in [0.1, 0.15) is 15.2 Å². The van der Waals surface area contributed by atoms with Gasteiger partial charge in [-0.1, -0.05) is 35.1 Å². The van der Waals surface area contributed by atoms with Crippen LogP contribution in [0.2, 0.25) is 5.02 Å². The Morgan fingerprint density at radius 3 is 2.83 bits per heavy atom. The van der Waals surface area contributed by atoms with Gasteiger partial charge in [0.05, 0.1) is 28.8 Å². The molecular weight excluding hydrogens is 410 g/mol. The summed E-state index contributed by atoms with van der Waals surface area (Å²) >= 11 is 7.42. The van der Waals surface area contributed by atoms with Gasteiger partial charge in [-0.25, -0.2) is 15.0 Å². The maximum Gasteiger partial charge on any atom is 0.267 e. The number of hydrogen-bond donors (Lipinski definition) is 3. The summed E-state index contributed by atoms with van der Waals surface area (Å²) in [4.78, 5) is 27.7. The second-order valence-electron chi connectivity index (χ2n) is 6.56. The standard InChI is InChI=1S/C19H22ClN7OS/c1-12-5-4-6-13(20)16(12)25-18(28)15-10-23-19(29-15)26-17-14(9-21-11-24-17)22-7-8-27(2)3/h4-6,9-11,22H,7-8H2,1-3H3,(H,25,28)(H,21,23,24,26). The zero-order chi connectivity index (χ0) is 20.8. The van der Waals surface area contributed by atoms with Gasteiger partial charge in [0.15, 0.2) is 10.9 Å². The van der Waals surface area contributed by atoms with E-state index in [0.29, 0.717) is 26.5 Å². The quantitative estimate of drug-likeness (QED) is 0.498. The number of anilines is 4. The highest BCUT2D eigenvalue weighted by molar-refractivity contribution is 7.17. The van der Waals surface area contributed by atoms with Crippen LogP contribution in [0.5, 0.6) is 0 Å². The molecule has 0 atom stereocenters. The van der Waals surface area contributed by atoms with Crippen molar-refractivity contribution in [1.82, 2.24) is 19.9 Å². The van der Waals surface area contributed by atoms with E-state index in [9.17, 15) is 4.79 Å². The lowest BCUT2D eigenvalue weighted by molar-refractivity contribution is 0.103. The van der Waals surface area contributed by atoms with Crippen molar-refractivity contribution in [2.24, 2.45) is 0 Å². The Bertz CT molecular complexity index is 972. The molecule has 3 N–H and O–H groups in total. The molecule has 0 unspecified atom stereocenters. The Hall–Kier alpha value is -2.75. The molecule has 2 aromatic heterocycles. The third kappa shape index (κ3) is 5.63. The highest BCUT2D eigenvalue weighted by Crippen LogP contribution is 2.28. The molecule has 0 saturated heterocycles. The summed E-state index contributed by atoms with van der Waals surface area (Å²) in [6, 6.07) is 5.47. The van der Waals surface area contributed by atoms with Crippen LogP contribution in [0, 0.1) is 6.92 Å². The summed E-state index contributed by atoms with van der Waals surface area (Å²) in [6.07, 6.45) is 4.68. The Morgan fingerprint density at radius 2 is 2.07 bits per heavy atom. The van der Waals surface area contributed by atoms with E-state index in [1.54, 1.807) is 12.3 Å². The number of para-hydroxylation sites is 1. The first-order chi connectivity index (χ1) is 13.9. The molecular formula is C19H22ClN7OS. The maximum atomic E-state index is 12.6. The largest absolute Gasteiger partial charge is 0.380 e. The molecule has 29 heavy (non-hydrogen) atoms. The molecule has 0 saturated carbocycles. The van der Waals surface area contributed by atoms with Gasteiger partial charge in [0.1, 0.15) is 11.2 Å². The van der Waals surface area contributed by atoms with Crippen molar-refractivity contribution in [3.05, 3.63) is 52.4 Å². The SMILES string of the molecule is Cc1cccc(Cl)c1NC(=O)c1cnc(Nc2ncncc2NCCN(C)C)s1. The van der Waals surface area contributed by atoms with Gasteiger partial charge >= 0.3 is 0 Å². The minimum Gasteiger partial charge on any atom is -0.380 e. The fourth-order valence-corrected chi connectivity index (χ4v) is 3.46. The van der Waals surface area contributed by atoms with Crippen LogP contribution < -0.4 is 16.0 Å². The third-order valence-corrected chi connectivity index (χ3v) is 5.23. The fourth-order valence-electron chi connectivity index (χ4n) is 2.48. The van der Waals surface area contributed by atoms with Crippen LogP contribution in [0.25, 0.3) is 0 Å². The number of benzene rings is 1. The number of amides is 1. The highest BCUT2D eigenvalue weighted by Gasteiger charge is 2.15. The van der Waals surface area contributed by atoms with Gasteiger partial charge in [-0.05, 0) is 32.6 Å². The number of carbonyl (C=O) groups excluding carboxylic acids is 1. The zero-order valence-corrected chi connectivity index (χ0v) is 17.9. The molecule has 1 amide bonds. The summed E-state index contributed by atoms with van der Waals surface area (Å²) in [5, 5.41) is 10.3. The van der Waals surface area contributed by atoms with Crippen molar-refractivity contribution >= 4 is 51.2 Å². The van der Waals surface area contributed by atoms with E-state index >= 15 is 0 Å². The van der Waals surface area contributed by atoms with Crippen molar-refractivity contribution in [1.29, 1.82) is 0 Å². The highest BCUT2D eigenvalue weighted by atomic mass is 35.5. The number of nitrogens with zero attached hydrogens (tertiary/aromatic N) is 4. The lowest BCUT2D eigenvalue weighted by atomic mass is 10.2. The van der Waals surface area contributed by atoms with Crippen molar-refractivity contribution in [2.45, 2.75) is 6.92 Å². The van der Waals surface area contributed by atoms with Gasteiger partial charge in [0, 0.05) is 13.1 Å². The average molecular weight is 432 g/mol. The zero-order valence-electron chi connectivity index (χ0n) is 16.4. The second-order valence-corrected chi connectivity index (χ2v) is 7.99. The molecule has 0 spiro atoms. The normalized spacial score (nSPS) is 10.8. The lowest BCUT2D eigenvalue weighted by Crippen LogP contribution is -2.21. The number of aryl methyl sites for hydroxylation is 1. The molecule has 3 aromatic rings. The van der Waals surface area contributed by atoms with Crippen LogP contribution in [-0.2, 0) is 0 Å². The number of likely N-dealkylation sites (N-methyl/N-ethyl adjacent to an activating group) is 1. The number of rotatable bonds is 8. The number of thiazole rings is 1. The molecule has 0 fully saturated rings. The number of carbonyl (C=O) groups is 1. The molecule has 3 rings (SSSR count). The molecule has 1 aromatic carbocycles. The molecule has 0 aliphatic rings. The van der Waals surface area contributed by atoms with E-state index in [-0.39, 0.29) is 5.91 Å². The number of nitrogens with one attached hydrogen (secondary N) is 3. The monoisotopic (exact) mass is 431 g/mol. The molecule has 0 radical (unpaired) electrons. The minimum absolute atomic E-state index is 0.265. The van der Waals surface area contributed by atoms with Gasteiger partial charge in [-0.15, -0.1) is 0 Å². The molecule has 2 heterocycles. The predicted octanol–water partition coefficient (Wildman–Crippen LogP) is 3.86. The summed E-state index contributed by atoms with van der Waals surface area (Å²) < 4.78 is 0. The van der Waals surface area contributed by atoms with E-state index in [1.165, 1.54) is 23.9 Å². The summed E-state index contributed by atoms with van der Waals surface area (Å²) in [5.41, 5.74) is 2.26. The second kappa shape index (κ2) is 9.64. The third-order valence-electron chi connectivity index (χ3n) is 4.00. The molecule has 0 aliphatic carbocycles. The van der Waals surface area contributed by atoms with Crippen LogP contribution in [-0.4, -0.2) is 52.9 Å². The first kappa shape index (κ1) is 21.0. The number of hydrogen-bond acceptors (Lipinski definition) is 8. The number of halogens is 1. The molecule has 0 bridgehead atoms. The Morgan fingerprint density at radius 1 is 1.24 bits per heavy atom. The van der Waals surface area contributed by atoms with Crippen molar-refractivity contribution in [3.8, 4) is 0 Å². The fraction of sp³-hybridized carbons (Fsp3) is 0.263. The first-order valence-corrected chi connectivity index (χ1v) is 10.1. The summed E-state index contributed by atoms with van der Waals surface area (Å²) in [6.45, 7) is 3.51. The van der Waals surface area contributed by atoms with Crippen LogP contribution in [0.15, 0.2) is 36.9 Å².